The van der Waals surface area contributed by atoms with Gasteiger partial charge in [0, 0.05) is 16.8 Å². The second-order valence-electron chi connectivity index (χ2n) is 6.15. The molecule has 0 aliphatic heterocycles. The Kier molecular flexibility index (Phi) is 5.05. The van der Waals surface area contributed by atoms with Gasteiger partial charge in [-0.1, -0.05) is 32.8 Å². The van der Waals surface area contributed by atoms with Crippen molar-refractivity contribution in [1.29, 1.82) is 0 Å². The molecule has 2 atom stereocenters. The molecule has 4 nitrogen and oxygen atoms in total. The largest absolute Gasteiger partial charge is 0.391 e. The molecule has 1 aromatic rings. The van der Waals surface area contributed by atoms with Gasteiger partial charge in [-0.05, 0) is 24.3 Å². The highest BCUT2D eigenvalue weighted by Gasteiger charge is 2.26. The molecule has 5 heteroatoms. The monoisotopic (exact) mass is 296 g/mol. The Hall–Kier alpha value is -1.07. The van der Waals surface area contributed by atoms with Gasteiger partial charge in [0.15, 0.2) is 0 Å². The molecule has 1 aliphatic rings. The molecule has 0 saturated heterocycles. The Morgan fingerprint density at radius 3 is 2.85 bits per heavy atom. The summed E-state index contributed by atoms with van der Waals surface area (Å²) < 4.78 is 0. The van der Waals surface area contributed by atoms with Crippen LogP contribution in [0.4, 0.5) is 4.79 Å². The average Bonchev–Trinajstić information content (AvgIpc) is 2.94. The standard InChI is InChI=1S/C15H24N2O2S/c1-15(2,13-8-5-9-20-13)10-16-14(19)17-11-6-3-4-7-12(11)18/h5,8-9,11-12,18H,3-4,6-7,10H2,1-2H3,(H2,16,17,19). The van der Waals surface area contributed by atoms with Crippen LogP contribution in [-0.2, 0) is 5.41 Å². The second-order valence-corrected chi connectivity index (χ2v) is 7.09. The van der Waals surface area contributed by atoms with Crippen molar-refractivity contribution in [1.82, 2.24) is 10.6 Å². The highest BCUT2D eigenvalue weighted by Crippen LogP contribution is 2.26. The molecule has 1 fully saturated rings. The van der Waals surface area contributed by atoms with Gasteiger partial charge in [-0.2, -0.15) is 0 Å². The van der Waals surface area contributed by atoms with Crippen LogP contribution in [0.1, 0.15) is 44.4 Å². The van der Waals surface area contributed by atoms with Gasteiger partial charge in [0.25, 0.3) is 0 Å². The van der Waals surface area contributed by atoms with Gasteiger partial charge in [-0.15, -0.1) is 11.3 Å². The van der Waals surface area contributed by atoms with Crippen LogP contribution in [0.25, 0.3) is 0 Å². The van der Waals surface area contributed by atoms with Crippen molar-refractivity contribution in [2.24, 2.45) is 0 Å². The fourth-order valence-electron chi connectivity index (χ4n) is 2.55. The van der Waals surface area contributed by atoms with Gasteiger partial charge in [0.05, 0.1) is 12.1 Å². The topological polar surface area (TPSA) is 61.4 Å². The summed E-state index contributed by atoms with van der Waals surface area (Å²) in [6.07, 6.45) is 3.36. The molecule has 3 N–H and O–H groups in total. The molecule has 1 aromatic heterocycles. The van der Waals surface area contributed by atoms with Crippen LogP contribution in [0.15, 0.2) is 17.5 Å². The molecule has 20 heavy (non-hydrogen) atoms. The minimum absolute atomic E-state index is 0.0727. The minimum atomic E-state index is -0.403. The van der Waals surface area contributed by atoms with E-state index in [0.717, 1.165) is 25.7 Å². The predicted molar refractivity (Wildman–Crippen MR) is 82.1 cm³/mol. The lowest BCUT2D eigenvalue weighted by Gasteiger charge is -2.29. The van der Waals surface area contributed by atoms with Crippen molar-refractivity contribution < 1.29 is 9.90 Å². The summed E-state index contributed by atoms with van der Waals surface area (Å²) in [6, 6.07) is 3.84. The molecule has 0 spiro atoms. The Labute approximate surface area is 124 Å². The number of carbonyl (C=O) groups is 1. The average molecular weight is 296 g/mol. The molecule has 1 heterocycles. The molecule has 0 radical (unpaired) electrons. The Balaban J connectivity index is 1.80. The fourth-order valence-corrected chi connectivity index (χ4v) is 3.40. The molecule has 2 amide bonds. The van der Waals surface area contributed by atoms with Crippen molar-refractivity contribution >= 4 is 17.4 Å². The number of hydrogen-bond acceptors (Lipinski definition) is 3. The van der Waals surface area contributed by atoms with E-state index in [2.05, 4.69) is 35.9 Å². The van der Waals surface area contributed by atoms with Crippen molar-refractivity contribution in [3.05, 3.63) is 22.4 Å². The molecular formula is C15H24N2O2S. The van der Waals surface area contributed by atoms with Crippen LogP contribution < -0.4 is 10.6 Å². The molecule has 0 aromatic carbocycles. The smallest absolute Gasteiger partial charge is 0.315 e. The van der Waals surface area contributed by atoms with Crippen molar-refractivity contribution in [3.63, 3.8) is 0 Å². The van der Waals surface area contributed by atoms with Gasteiger partial charge in [0.1, 0.15) is 0 Å². The zero-order valence-corrected chi connectivity index (χ0v) is 13.0. The van der Waals surface area contributed by atoms with Gasteiger partial charge in [0.2, 0.25) is 0 Å². The summed E-state index contributed by atoms with van der Waals surface area (Å²) in [5.74, 6) is 0. The van der Waals surface area contributed by atoms with Crippen LogP contribution in [0.3, 0.4) is 0 Å². The third-order valence-corrected chi connectivity index (χ3v) is 5.16. The Bertz CT molecular complexity index is 431. The van der Waals surface area contributed by atoms with Crippen molar-refractivity contribution in [2.45, 2.75) is 57.1 Å². The summed E-state index contributed by atoms with van der Waals surface area (Å²) in [7, 11) is 0. The van der Waals surface area contributed by atoms with Crippen molar-refractivity contribution in [2.75, 3.05) is 6.54 Å². The third-order valence-electron chi connectivity index (χ3n) is 3.93. The number of hydrogen-bond donors (Lipinski definition) is 3. The van der Waals surface area contributed by atoms with Gasteiger partial charge < -0.3 is 15.7 Å². The summed E-state index contributed by atoms with van der Waals surface area (Å²) in [6.45, 7) is 4.82. The first-order valence-electron chi connectivity index (χ1n) is 7.25. The zero-order valence-electron chi connectivity index (χ0n) is 12.2. The first-order chi connectivity index (χ1) is 9.49. The Morgan fingerprint density at radius 2 is 2.20 bits per heavy atom. The van der Waals surface area contributed by atoms with E-state index in [-0.39, 0.29) is 17.5 Å². The molecule has 1 aliphatic carbocycles. The van der Waals surface area contributed by atoms with Gasteiger partial charge in [-0.25, -0.2) is 4.79 Å². The van der Waals surface area contributed by atoms with Crippen LogP contribution in [0.2, 0.25) is 0 Å². The number of rotatable bonds is 4. The highest BCUT2D eigenvalue weighted by molar-refractivity contribution is 7.10. The maximum atomic E-state index is 11.9. The quantitative estimate of drug-likeness (QED) is 0.800. The van der Waals surface area contributed by atoms with Gasteiger partial charge >= 0.3 is 6.03 Å². The first-order valence-corrected chi connectivity index (χ1v) is 8.13. The Morgan fingerprint density at radius 1 is 1.45 bits per heavy atom. The number of aliphatic hydroxyl groups excluding tert-OH is 1. The molecule has 112 valence electrons. The predicted octanol–water partition coefficient (Wildman–Crippen LogP) is 2.63. The summed E-state index contributed by atoms with van der Waals surface area (Å²) in [5.41, 5.74) is -0.0727. The number of aliphatic hydroxyl groups is 1. The van der Waals surface area contributed by atoms with Gasteiger partial charge in [-0.3, -0.25) is 0 Å². The van der Waals surface area contributed by atoms with E-state index in [9.17, 15) is 9.90 Å². The molecular weight excluding hydrogens is 272 g/mol. The van der Waals surface area contributed by atoms with E-state index in [1.54, 1.807) is 11.3 Å². The van der Waals surface area contributed by atoms with Crippen molar-refractivity contribution in [3.8, 4) is 0 Å². The lowest BCUT2D eigenvalue weighted by atomic mass is 9.91. The third kappa shape index (κ3) is 3.96. The summed E-state index contributed by atoms with van der Waals surface area (Å²) >= 11 is 1.71. The maximum Gasteiger partial charge on any atom is 0.315 e. The molecule has 2 unspecified atom stereocenters. The lowest BCUT2D eigenvalue weighted by Crippen LogP contribution is -2.50. The van der Waals surface area contributed by atoms with E-state index >= 15 is 0 Å². The summed E-state index contributed by atoms with van der Waals surface area (Å²) in [5, 5.41) is 17.7. The number of urea groups is 1. The van der Waals surface area contributed by atoms with Crippen LogP contribution in [-0.4, -0.2) is 29.8 Å². The molecule has 0 bridgehead atoms. The molecule has 1 saturated carbocycles. The number of amides is 2. The number of nitrogens with one attached hydrogen (secondary N) is 2. The summed E-state index contributed by atoms with van der Waals surface area (Å²) in [4.78, 5) is 13.2. The lowest BCUT2D eigenvalue weighted by molar-refractivity contribution is 0.0942. The SMILES string of the molecule is CC(C)(CNC(=O)NC1CCCCC1O)c1cccs1. The minimum Gasteiger partial charge on any atom is -0.391 e. The number of carbonyl (C=O) groups excluding carboxylic acids is 1. The van der Waals surface area contributed by atoms with E-state index in [1.165, 1.54) is 4.88 Å². The van der Waals surface area contributed by atoms with E-state index in [0.29, 0.717) is 6.54 Å². The second kappa shape index (κ2) is 6.59. The van der Waals surface area contributed by atoms with Crippen LogP contribution in [0.5, 0.6) is 0 Å². The fraction of sp³-hybridized carbons (Fsp3) is 0.667. The normalized spacial score (nSPS) is 23.4. The highest BCUT2D eigenvalue weighted by atomic mass is 32.1. The van der Waals surface area contributed by atoms with E-state index < -0.39 is 6.10 Å². The van der Waals surface area contributed by atoms with Crippen LogP contribution in [0, 0.1) is 0 Å². The van der Waals surface area contributed by atoms with Crippen LogP contribution >= 0.6 is 11.3 Å². The zero-order chi connectivity index (χ0) is 14.6. The van der Waals surface area contributed by atoms with E-state index in [4.69, 9.17) is 0 Å². The maximum absolute atomic E-state index is 11.9. The van der Waals surface area contributed by atoms with E-state index in [1.807, 2.05) is 6.07 Å². The number of thiophene rings is 1. The molecule has 2 rings (SSSR count). The first kappa shape index (κ1) is 15.3.